The van der Waals surface area contributed by atoms with E-state index in [0.29, 0.717) is 6.04 Å². The average Bonchev–Trinajstić information content (AvgIpc) is 2.64. The molecule has 0 aliphatic carbocycles. The number of likely N-dealkylation sites (tertiary alicyclic amines) is 1. The normalized spacial score (nSPS) is 16.5. The lowest BCUT2D eigenvalue weighted by Gasteiger charge is -2.34. The molecular weight excluding hydrogens is 312 g/mol. The minimum atomic E-state index is -0.0339. The summed E-state index contributed by atoms with van der Waals surface area (Å²) in [5.74, 6) is 1.04. The van der Waals surface area contributed by atoms with E-state index in [1.807, 2.05) is 30.0 Å². The molecule has 0 unspecified atom stereocenters. The molecule has 5 heteroatoms. The van der Waals surface area contributed by atoms with Crippen molar-refractivity contribution in [1.82, 2.24) is 14.9 Å². The van der Waals surface area contributed by atoms with Crippen LogP contribution in [0.15, 0.2) is 42.7 Å². The van der Waals surface area contributed by atoms with Gasteiger partial charge in [0.25, 0.3) is 0 Å². The van der Waals surface area contributed by atoms with Gasteiger partial charge in [-0.3, -0.25) is 9.78 Å². The fourth-order valence-electron chi connectivity index (χ4n) is 3.44. The SMILES string of the molecule is CC[C@H](C(=O)N1CCC(Nc2cncc(C)n2)CC1)c1ccccc1. The summed E-state index contributed by atoms with van der Waals surface area (Å²) < 4.78 is 0. The highest BCUT2D eigenvalue weighted by molar-refractivity contribution is 5.83. The number of benzene rings is 1. The summed E-state index contributed by atoms with van der Waals surface area (Å²) in [4.78, 5) is 23.6. The molecule has 1 aromatic carbocycles. The molecule has 2 heterocycles. The Morgan fingerprint density at radius 1 is 1.24 bits per heavy atom. The second-order valence-corrected chi connectivity index (χ2v) is 6.66. The van der Waals surface area contributed by atoms with Gasteiger partial charge in [-0.25, -0.2) is 4.98 Å². The van der Waals surface area contributed by atoms with Gasteiger partial charge in [-0.05, 0) is 31.7 Å². The second-order valence-electron chi connectivity index (χ2n) is 6.66. The monoisotopic (exact) mass is 338 g/mol. The number of aryl methyl sites for hydroxylation is 1. The van der Waals surface area contributed by atoms with Gasteiger partial charge in [-0.15, -0.1) is 0 Å². The zero-order chi connectivity index (χ0) is 17.6. The zero-order valence-electron chi connectivity index (χ0n) is 15.0. The van der Waals surface area contributed by atoms with Crippen LogP contribution in [0.2, 0.25) is 0 Å². The van der Waals surface area contributed by atoms with Crippen LogP contribution in [0.1, 0.15) is 43.4 Å². The van der Waals surface area contributed by atoms with E-state index in [4.69, 9.17) is 0 Å². The van der Waals surface area contributed by atoms with Crippen LogP contribution < -0.4 is 5.32 Å². The minimum Gasteiger partial charge on any atom is -0.366 e. The Morgan fingerprint density at radius 3 is 2.60 bits per heavy atom. The van der Waals surface area contributed by atoms with E-state index in [-0.39, 0.29) is 11.8 Å². The van der Waals surface area contributed by atoms with Gasteiger partial charge in [0, 0.05) is 25.3 Å². The van der Waals surface area contributed by atoms with Gasteiger partial charge >= 0.3 is 0 Å². The fraction of sp³-hybridized carbons (Fsp3) is 0.450. The van der Waals surface area contributed by atoms with Crippen LogP contribution in [0.3, 0.4) is 0 Å². The Hall–Kier alpha value is -2.43. The van der Waals surface area contributed by atoms with Crippen LogP contribution in [0.4, 0.5) is 5.82 Å². The highest BCUT2D eigenvalue weighted by Crippen LogP contribution is 2.24. The zero-order valence-corrected chi connectivity index (χ0v) is 15.0. The highest BCUT2D eigenvalue weighted by Gasteiger charge is 2.28. The number of amides is 1. The third kappa shape index (κ3) is 4.35. The molecule has 1 saturated heterocycles. The first kappa shape index (κ1) is 17.4. The molecule has 25 heavy (non-hydrogen) atoms. The molecule has 1 N–H and O–H groups in total. The van der Waals surface area contributed by atoms with Crippen LogP contribution in [-0.4, -0.2) is 39.9 Å². The molecule has 1 aliphatic rings. The minimum absolute atomic E-state index is 0.0339. The molecule has 1 aliphatic heterocycles. The number of nitrogens with one attached hydrogen (secondary N) is 1. The van der Waals surface area contributed by atoms with E-state index in [2.05, 4.69) is 34.3 Å². The van der Waals surface area contributed by atoms with Gasteiger partial charge in [-0.1, -0.05) is 37.3 Å². The van der Waals surface area contributed by atoms with Crippen molar-refractivity contribution in [3.8, 4) is 0 Å². The fourth-order valence-corrected chi connectivity index (χ4v) is 3.44. The number of carbonyl (C=O) groups is 1. The van der Waals surface area contributed by atoms with E-state index in [1.54, 1.807) is 12.4 Å². The summed E-state index contributed by atoms with van der Waals surface area (Å²) in [5.41, 5.74) is 2.02. The Kier molecular flexibility index (Phi) is 5.64. The molecule has 0 spiro atoms. The van der Waals surface area contributed by atoms with Gasteiger partial charge in [0.2, 0.25) is 5.91 Å². The second kappa shape index (κ2) is 8.10. The number of aromatic nitrogens is 2. The number of nitrogens with zero attached hydrogens (tertiary/aromatic N) is 3. The highest BCUT2D eigenvalue weighted by atomic mass is 16.2. The molecule has 2 aromatic rings. The van der Waals surface area contributed by atoms with Crippen molar-refractivity contribution < 1.29 is 4.79 Å². The van der Waals surface area contributed by atoms with Crippen molar-refractivity contribution in [1.29, 1.82) is 0 Å². The van der Waals surface area contributed by atoms with E-state index in [9.17, 15) is 4.79 Å². The van der Waals surface area contributed by atoms with Crippen LogP contribution in [0, 0.1) is 6.92 Å². The summed E-state index contributed by atoms with van der Waals surface area (Å²) in [7, 11) is 0. The van der Waals surface area contributed by atoms with Crippen molar-refractivity contribution in [3.05, 3.63) is 54.0 Å². The van der Waals surface area contributed by atoms with Gasteiger partial charge in [0.15, 0.2) is 0 Å². The van der Waals surface area contributed by atoms with E-state index in [1.165, 1.54) is 0 Å². The molecule has 0 saturated carbocycles. The Bertz CT molecular complexity index is 696. The third-order valence-electron chi connectivity index (χ3n) is 4.82. The maximum Gasteiger partial charge on any atom is 0.230 e. The summed E-state index contributed by atoms with van der Waals surface area (Å²) >= 11 is 0. The van der Waals surface area contributed by atoms with E-state index < -0.39 is 0 Å². The number of hydrogen-bond donors (Lipinski definition) is 1. The average molecular weight is 338 g/mol. The van der Waals surface area contributed by atoms with E-state index in [0.717, 1.165) is 49.4 Å². The molecule has 1 fully saturated rings. The van der Waals surface area contributed by atoms with Crippen molar-refractivity contribution in [2.45, 2.75) is 45.1 Å². The van der Waals surface area contributed by atoms with Gasteiger partial charge in [0.1, 0.15) is 5.82 Å². The first-order valence-corrected chi connectivity index (χ1v) is 9.06. The number of anilines is 1. The van der Waals surface area contributed by atoms with Crippen LogP contribution in [0.5, 0.6) is 0 Å². The quantitative estimate of drug-likeness (QED) is 0.908. The third-order valence-corrected chi connectivity index (χ3v) is 4.82. The van der Waals surface area contributed by atoms with E-state index >= 15 is 0 Å². The molecule has 132 valence electrons. The number of piperidine rings is 1. The molecule has 0 radical (unpaired) electrons. The lowest BCUT2D eigenvalue weighted by atomic mass is 9.93. The summed E-state index contributed by atoms with van der Waals surface area (Å²) in [6, 6.07) is 10.4. The molecule has 0 bridgehead atoms. The predicted molar refractivity (Wildman–Crippen MR) is 99.5 cm³/mol. The standard InChI is InChI=1S/C20H26N4O/c1-3-18(16-7-5-4-6-8-16)20(25)24-11-9-17(10-12-24)23-19-14-21-13-15(2)22-19/h4-8,13-14,17-18H,3,9-12H2,1-2H3,(H,22,23)/t18-/m0/s1. The molecule has 5 nitrogen and oxygen atoms in total. The molecule has 3 rings (SSSR count). The maximum absolute atomic E-state index is 12.9. The van der Waals surface area contributed by atoms with Crippen LogP contribution in [0.25, 0.3) is 0 Å². The molecular formula is C20H26N4O. The van der Waals surface area contributed by atoms with Crippen LogP contribution >= 0.6 is 0 Å². The molecule has 1 atom stereocenters. The predicted octanol–water partition coefficient (Wildman–Crippen LogP) is 3.38. The Labute approximate surface area is 149 Å². The van der Waals surface area contributed by atoms with Crippen molar-refractivity contribution in [2.24, 2.45) is 0 Å². The smallest absolute Gasteiger partial charge is 0.230 e. The van der Waals surface area contributed by atoms with Gasteiger partial charge in [0.05, 0.1) is 17.8 Å². The van der Waals surface area contributed by atoms with Crippen LogP contribution in [-0.2, 0) is 4.79 Å². The lowest BCUT2D eigenvalue weighted by Crippen LogP contribution is -2.44. The Morgan fingerprint density at radius 2 is 1.96 bits per heavy atom. The van der Waals surface area contributed by atoms with Crippen molar-refractivity contribution >= 4 is 11.7 Å². The number of carbonyl (C=O) groups excluding carboxylic acids is 1. The van der Waals surface area contributed by atoms with Gasteiger partial charge < -0.3 is 10.2 Å². The molecule has 1 aromatic heterocycles. The lowest BCUT2D eigenvalue weighted by molar-refractivity contribution is -0.133. The number of hydrogen-bond acceptors (Lipinski definition) is 4. The first-order valence-electron chi connectivity index (χ1n) is 9.06. The maximum atomic E-state index is 12.9. The van der Waals surface area contributed by atoms with Crippen molar-refractivity contribution in [3.63, 3.8) is 0 Å². The first-order chi connectivity index (χ1) is 12.2. The summed E-state index contributed by atoms with van der Waals surface area (Å²) in [6.07, 6.45) is 6.22. The molecule has 1 amide bonds. The topological polar surface area (TPSA) is 58.1 Å². The Balaban J connectivity index is 1.57. The van der Waals surface area contributed by atoms with Gasteiger partial charge in [-0.2, -0.15) is 0 Å². The summed E-state index contributed by atoms with van der Waals surface area (Å²) in [6.45, 7) is 5.60. The summed E-state index contributed by atoms with van der Waals surface area (Å²) in [5, 5.41) is 3.44. The number of rotatable bonds is 5. The largest absolute Gasteiger partial charge is 0.366 e. The van der Waals surface area contributed by atoms with Crippen molar-refractivity contribution in [2.75, 3.05) is 18.4 Å².